The maximum atomic E-state index is 12.2. The van der Waals surface area contributed by atoms with Crippen LogP contribution in [0.2, 0.25) is 5.02 Å². The van der Waals surface area contributed by atoms with E-state index in [4.69, 9.17) is 16.3 Å². The molecule has 0 aliphatic heterocycles. The molecule has 0 saturated carbocycles. The van der Waals surface area contributed by atoms with Crippen molar-refractivity contribution in [3.63, 3.8) is 0 Å². The van der Waals surface area contributed by atoms with E-state index in [1.165, 1.54) is 6.21 Å². The first-order valence-corrected chi connectivity index (χ1v) is 9.17. The highest BCUT2D eigenvalue weighted by Crippen LogP contribution is 2.21. The van der Waals surface area contributed by atoms with Crippen LogP contribution >= 0.6 is 27.5 Å². The van der Waals surface area contributed by atoms with E-state index in [2.05, 4.69) is 31.6 Å². The minimum Gasteiger partial charge on any atom is -0.496 e. The lowest BCUT2D eigenvalue weighted by Gasteiger charge is -2.04. The summed E-state index contributed by atoms with van der Waals surface area (Å²) in [6.45, 7) is 0.545. The number of ether oxygens (including phenoxy) is 1. The predicted octanol–water partition coefficient (Wildman–Crippen LogP) is 4.12. The Balaban J connectivity index is 1.63. The van der Waals surface area contributed by atoms with Crippen LogP contribution in [-0.4, -0.2) is 29.0 Å². The van der Waals surface area contributed by atoms with Crippen LogP contribution < -0.4 is 10.2 Å². The Bertz CT molecular complexity index is 970. The van der Waals surface area contributed by atoms with Gasteiger partial charge in [-0.25, -0.2) is 5.43 Å². The van der Waals surface area contributed by atoms with Crippen LogP contribution in [0.15, 0.2) is 64.3 Å². The number of carbonyl (C=O) groups excluding carboxylic acids is 1. The van der Waals surface area contributed by atoms with E-state index < -0.39 is 5.91 Å². The van der Waals surface area contributed by atoms with Gasteiger partial charge in [0.2, 0.25) is 0 Å². The molecule has 1 aromatic heterocycles. The molecule has 6 nitrogen and oxygen atoms in total. The lowest BCUT2D eigenvalue weighted by atomic mass is 10.2. The molecule has 0 bridgehead atoms. The Morgan fingerprint density at radius 3 is 2.81 bits per heavy atom. The van der Waals surface area contributed by atoms with Crippen LogP contribution in [0.3, 0.4) is 0 Å². The number of hydrogen-bond acceptors (Lipinski definition) is 4. The number of amides is 1. The highest BCUT2D eigenvalue weighted by atomic mass is 79.9. The van der Waals surface area contributed by atoms with Crippen LogP contribution in [-0.2, 0) is 6.54 Å². The van der Waals surface area contributed by atoms with Gasteiger partial charge in [-0.1, -0.05) is 39.7 Å². The molecular weight excluding hydrogens is 432 g/mol. The molecule has 138 valence electrons. The Hall–Kier alpha value is -2.64. The summed E-state index contributed by atoms with van der Waals surface area (Å²) in [4.78, 5) is 12.2. The van der Waals surface area contributed by atoms with E-state index in [9.17, 15) is 4.79 Å². The number of rotatable bonds is 6. The summed E-state index contributed by atoms with van der Waals surface area (Å²) in [6, 6.07) is 14.6. The van der Waals surface area contributed by atoms with E-state index in [1.54, 1.807) is 24.1 Å². The first-order chi connectivity index (χ1) is 13.0. The topological polar surface area (TPSA) is 68.5 Å². The number of aromatic nitrogens is 2. The number of methoxy groups -OCH3 is 1. The maximum Gasteiger partial charge on any atom is 0.291 e. The molecule has 0 saturated heterocycles. The Morgan fingerprint density at radius 1 is 1.30 bits per heavy atom. The van der Waals surface area contributed by atoms with E-state index in [-0.39, 0.29) is 5.69 Å². The maximum absolute atomic E-state index is 12.2. The van der Waals surface area contributed by atoms with Gasteiger partial charge < -0.3 is 4.74 Å². The number of halogens is 2. The van der Waals surface area contributed by atoms with Crippen molar-refractivity contribution >= 4 is 39.7 Å². The molecule has 3 rings (SSSR count). The van der Waals surface area contributed by atoms with E-state index in [0.29, 0.717) is 17.3 Å². The van der Waals surface area contributed by atoms with Crippen molar-refractivity contribution in [3.8, 4) is 5.75 Å². The highest BCUT2D eigenvalue weighted by molar-refractivity contribution is 9.10. The fourth-order valence-electron chi connectivity index (χ4n) is 2.37. The third-order valence-electron chi connectivity index (χ3n) is 3.69. The molecule has 0 atom stereocenters. The van der Waals surface area contributed by atoms with Crippen LogP contribution in [0.1, 0.15) is 21.6 Å². The first-order valence-electron chi connectivity index (χ1n) is 8.00. The van der Waals surface area contributed by atoms with Gasteiger partial charge in [-0.2, -0.15) is 10.2 Å². The van der Waals surface area contributed by atoms with Crippen LogP contribution in [0.5, 0.6) is 5.75 Å². The average Bonchev–Trinajstić information content (AvgIpc) is 3.12. The molecule has 1 amide bonds. The zero-order chi connectivity index (χ0) is 19.2. The SMILES string of the molecule is COc1ccc(Br)cc1C=NNC(=O)c1ccn(Cc2ccc(Cl)cc2)n1. The monoisotopic (exact) mass is 446 g/mol. The largest absolute Gasteiger partial charge is 0.496 e. The number of nitrogens with one attached hydrogen (secondary N) is 1. The Morgan fingerprint density at radius 2 is 2.07 bits per heavy atom. The Kier molecular flexibility index (Phi) is 6.26. The third-order valence-corrected chi connectivity index (χ3v) is 4.44. The standard InChI is InChI=1S/C19H16BrClN4O2/c1-27-18-7-4-15(20)10-14(18)11-22-23-19(26)17-8-9-25(24-17)12-13-2-5-16(21)6-3-13/h2-11H,12H2,1H3,(H,23,26). The number of hydrazone groups is 1. The highest BCUT2D eigenvalue weighted by Gasteiger charge is 2.09. The van der Waals surface area contributed by atoms with Crippen LogP contribution in [0.25, 0.3) is 0 Å². The number of benzene rings is 2. The van der Waals surface area contributed by atoms with Crippen molar-refractivity contribution in [1.82, 2.24) is 15.2 Å². The zero-order valence-corrected chi connectivity index (χ0v) is 16.7. The molecule has 1 heterocycles. The van der Waals surface area contributed by atoms with Crippen molar-refractivity contribution in [2.75, 3.05) is 7.11 Å². The molecular formula is C19H16BrClN4O2. The molecule has 0 spiro atoms. The summed E-state index contributed by atoms with van der Waals surface area (Å²) < 4.78 is 7.83. The van der Waals surface area contributed by atoms with Crippen molar-refractivity contribution in [2.24, 2.45) is 5.10 Å². The van der Waals surface area contributed by atoms with Crippen LogP contribution in [0, 0.1) is 0 Å². The molecule has 1 N–H and O–H groups in total. The van der Waals surface area contributed by atoms with Crippen molar-refractivity contribution in [3.05, 3.63) is 81.0 Å². The summed E-state index contributed by atoms with van der Waals surface area (Å²) in [7, 11) is 1.58. The Labute approximate surface area is 169 Å². The van der Waals surface area contributed by atoms with Gasteiger partial charge in [0, 0.05) is 21.3 Å². The van der Waals surface area contributed by atoms with Gasteiger partial charge in [-0.15, -0.1) is 0 Å². The van der Waals surface area contributed by atoms with Gasteiger partial charge in [-0.05, 0) is 42.0 Å². The van der Waals surface area contributed by atoms with Gasteiger partial charge in [-0.3, -0.25) is 9.48 Å². The summed E-state index contributed by atoms with van der Waals surface area (Å²) in [5.74, 6) is 0.263. The molecule has 3 aromatic rings. The normalized spacial score (nSPS) is 10.9. The van der Waals surface area contributed by atoms with Gasteiger partial charge in [0.1, 0.15) is 5.75 Å². The lowest BCUT2D eigenvalue weighted by Crippen LogP contribution is -2.18. The van der Waals surface area contributed by atoms with Gasteiger partial charge in [0.25, 0.3) is 5.91 Å². The van der Waals surface area contributed by atoms with Crippen molar-refractivity contribution in [2.45, 2.75) is 6.54 Å². The van der Waals surface area contributed by atoms with Crippen molar-refractivity contribution in [1.29, 1.82) is 0 Å². The fourth-order valence-corrected chi connectivity index (χ4v) is 2.88. The third kappa shape index (κ3) is 5.18. The molecule has 0 aliphatic carbocycles. The second kappa shape index (κ2) is 8.83. The van der Waals surface area contributed by atoms with E-state index in [1.807, 2.05) is 42.5 Å². The number of carbonyl (C=O) groups is 1. The molecule has 0 fully saturated rings. The zero-order valence-electron chi connectivity index (χ0n) is 14.4. The molecule has 0 aliphatic rings. The summed E-state index contributed by atoms with van der Waals surface area (Å²) in [5.41, 5.74) is 4.52. The number of nitrogens with zero attached hydrogens (tertiary/aromatic N) is 3. The quantitative estimate of drug-likeness (QED) is 0.456. The van der Waals surface area contributed by atoms with E-state index >= 15 is 0 Å². The molecule has 0 unspecified atom stereocenters. The summed E-state index contributed by atoms with van der Waals surface area (Å²) in [5, 5.41) is 8.93. The average molecular weight is 448 g/mol. The summed E-state index contributed by atoms with van der Waals surface area (Å²) >= 11 is 9.27. The minimum atomic E-state index is -0.393. The molecule has 0 radical (unpaired) electrons. The second-order valence-electron chi connectivity index (χ2n) is 5.61. The summed E-state index contributed by atoms with van der Waals surface area (Å²) in [6.07, 6.45) is 3.26. The molecule has 2 aromatic carbocycles. The fraction of sp³-hybridized carbons (Fsp3) is 0.105. The molecule has 8 heteroatoms. The van der Waals surface area contributed by atoms with Gasteiger partial charge in [0.05, 0.1) is 19.9 Å². The van der Waals surface area contributed by atoms with E-state index in [0.717, 1.165) is 15.6 Å². The smallest absolute Gasteiger partial charge is 0.291 e. The number of hydrogen-bond donors (Lipinski definition) is 1. The first kappa shape index (κ1) is 19.1. The predicted molar refractivity (Wildman–Crippen MR) is 109 cm³/mol. The second-order valence-corrected chi connectivity index (χ2v) is 6.96. The lowest BCUT2D eigenvalue weighted by molar-refractivity contribution is 0.0949. The molecule has 27 heavy (non-hydrogen) atoms. The van der Waals surface area contributed by atoms with Crippen molar-refractivity contribution < 1.29 is 9.53 Å². The van der Waals surface area contributed by atoms with Gasteiger partial charge in [0.15, 0.2) is 5.69 Å². The van der Waals surface area contributed by atoms with Crippen LogP contribution in [0.4, 0.5) is 0 Å². The van der Waals surface area contributed by atoms with Gasteiger partial charge >= 0.3 is 0 Å². The minimum absolute atomic E-state index is 0.280.